The Labute approximate surface area is 111 Å². The molecule has 0 aliphatic carbocycles. The van der Waals surface area contributed by atoms with Crippen LogP contribution in [-0.2, 0) is 4.79 Å². The van der Waals surface area contributed by atoms with Crippen molar-refractivity contribution in [2.24, 2.45) is 0 Å². The molecule has 0 aliphatic rings. The van der Waals surface area contributed by atoms with Gasteiger partial charge in [0.05, 0.1) is 6.54 Å². The van der Waals surface area contributed by atoms with Gasteiger partial charge in [-0.1, -0.05) is 50.6 Å². The Balaban J connectivity index is 2.58. The molecule has 2 nitrogen and oxygen atoms in total. The number of Topliss-reactive ketones (excluding diaryl/α,β-unsaturated/α-hetero) is 1. The minimum atomic E-state index is 0.0512. The summed E-state index contributed by atoms with van der Waals surface area (Å²) in [5.74, 6) is 0.387. The average Bonchev–Trinajstić information content (AvgIpc) is 2.38. The first-order valence-corrected chi connectivity index (χ1v) is 6.95. The van der Waals surface area contributed by atoms with Crippen molar-refractivity contribution in [3.63, 3.8) is 0 Å². The fourth-order valence-corrected chi connectivity index (χ4v) is 2.22. The van der Waals surface area contributed by atoms with Gasteiger partial charge < -0.3 is 0 Å². The second kappa shape index (κ2) is 8.04. The van der Waals surface area contributed by atoms with Crippen LogP contribution < -0.4 is 0 Å². The molecule has 0 spiro atoms. The molecule has 0 aromatic heterocycles. The molecule has 1 aromatic carbocycles. The van der Waals surface area contributed by atoms with Crippen molar-refractivity contribution in [3.8, 4) is 0 Å². The fourth-order valence-electron chi connectivity index (χ4n) is 2.22. The molecule has 0 saturated carbocycles. The normalized spacial score (nSPS) is 12.7. The highest BCUT2D eigenvalue weighted by atomic mass is 16.1. The monoisotopic (exact) mass is 247 g/mol. The number of ketones is 1. The number of nitrogens with zero attached hydrogens (tertiary/aromatic N) is 1. The standard InChI is InChI=1S/C16H25NO/c1-4-6-12-17(3)13-16(18)15(5-2)14-10-8-7-9-11-14/h7-11,15H,4-6,12-13H2,1-3H3. The van der Waals surface area contributed by atoms with Crippen LogP contribution in [0.15, 0.2) is 30.3 Å². The quantitative estimate of drug-likeness (QED) is 0.701. The van der Waals surface area contributed by atoms with E-state index in [4.69, 9.17) is 0 Å². The van der Waals surface area contributed by atoms with Gasteiger partial charge in [-0.05, 0) is 32.0 Å². The topological polar surface area (TPSA) is 20.3 Å². The number of unbranched alkanes of at least 4 members (excludes halogenated alkanes) is 1. The van der Waals surface area contributed by atoms with Gasteiger partial charge in [-0.15, -0.1) is 0 Å². The molecule has 0 heterocycles. The van der Waals surface area contributed by atoms with Crippen molar-refractivity contribution >= 4 is 5.78 Å². The fraction of sp³-hybridized carbons (Fsp3) is 0.562. The van der Waals surface area contributed by atoms with Crippen molar-refractivity contribution in [2.45, 2.75) is 39.0 Å². The summed E-state index contributed by atoms with van der Waals surface area (Å²) in [7, 11) is 2.03. The molecule has 1 aromatic rings. The Morgan fingerprint density at radius 3 is 2.44 bits per heavy atom. The first-order chi connectivity index (χ1) is 8.69. The summed E-state index contributed by atoms with van der Waals surface area (Å²) in [5, 5.41) is 0. The summed E-state index contributed by atoms with van der Waals surface area (Å²) in [4.78, 5) is 14.4. The zero-order chi connectivity index (χ0) is 13.4. The van der Waals surface area contributed by atoms with Gasteiger partial charge in [0.2, 0.25) is 0 Å². The van der Waals surface area contributed by atoms with Gasteiger partial charge in [0.25, 0.3) is 0 Å². The van der Waals surface area contributed by atoms with Gasteiger partial charge in [0, 0.05) is 5.92 Å². The van der Waals surface area contributed by atoms with Crippen molar-refractivity contribution < 1.29 is 4.79 Å². The number of hydrogen-bond acceptors (Lipinski definition) is 2. The third kappa shape index (κ3) is 4.61. The lowest BCUT2D eigenvalue weighted by atomic mass is 9.92. The van der Waals surface area contributed by atoms with Gasteiger partial charge in [-0.3, -0.25) is 9.69 Å². The second-order valence-electron chi connectivity index (χ2n) is 4.93. The molecule has 2 heteroatoms. The van der Waals surface area contributed by atoms with E-state index in [2.05, 4.69) is 30.9 Å². The summed E-state index contributed by atoms with van der Waals surface area (Å²) >= 11 is 0. The highest BCUT2D eigenvalue weighted by Gasteiger charge is 2.19. The Kier molecular flexibility index (Phi) is 6.66. The maximum atomic E-state index is 12.3. The van der Waals surface area contributed by atoms with Crippen LogP contribution >= 0.6 is 0 Å². The molecule has 1 atom stereocenters. The zero-order valence-electron chi connectivity index (χ0n) is 11.9. The third-order valence-electron chi connectivity index (χ3n) is 3.32. The average molecular weight is 247 g/mol. The van der Waals surface area contributed by atoms with E-state index in [-0.39, 0.29) is 5.92 Å². The molecule has 1 unspecified atom stereocenters. The lowest BCUT2D eigenvalue weighted by molar-refractivity contribution is -0.121. The second-order valence-corrected chi connectivity index (χ2v) is 4.93. The largest absolute Gasteiger partial charge is 0.299 e. The Morgan fingerprint density at radius 2 is 1.89 bits per heavy atom. The van der Waals surface area contributed by atoms with Crippen LogP contribution in [0.2, 0.25) is 0 Å². The van der Waals surface area contributed by atoms with Crippen LogP contribution in [0, 0.1) is 0 Å². The first-order valence-electron chi connectivity index (χ1n) is 6.95. The smallest absolute Gasteiger partial charge is 0.154 e. The summed E-state index contributed by atoms with van der Waals surface area (Å²) in [6.07, 6.45) is 3.21. The number of benzene rings is 1. The van der Waals surface area contributed by atoms with E-state index < -0.39 is 0 Å². The molecular formula is C16H25NO. The number of hydrogen-bond donors (Lipinski definition) is 0. The molecule has 0 fully saturated rings. The van der Waals surface area contributed by atoms with Gasteiger partial charge in [0.1, 0.15) is 0 Å². The van der Waals surface area contributed by atoms with E-state index >= 15 is 0 Å². The van der Waals surface area contributed by atoms with Crippen LogP contribution in [-0.4, -0.2) is 30.8 Å². The van der Waals surface area contributed by atoms with Crippen LogP contribution in [0.25, 0.3) is 0 Å². The summed E-state index contributed by atoms with van der Waals surface area (Å²) in [6, 6.07) is 10.1. The molecule has 0 amide bonds. The molecule has 0 saturated heterocycles. The SMILES string of the molecule is CCCCN(C)CC(=O)C(CC)c1ccccc1. The third-order valence-corrected chi connectivity index (χ3v) is 3.32. The molecule has 1 rings (SSSR count). The highest BCUT2D eigenvalue weighted by Crippen LogP contribution is 2.20. The van der Waals surface area contributed by atoms with Crippen molar-refractivity contribution in [2.75, 3.05) is 20.1 Å². The molecule has 0 aliphatic heterocycles. The van der Waals surface area contributed by atoms with Crippen LogP contribution in [0.1, 0.15) is 44.6 Å². The predicted octanol–water partition coefficient (Wildman–Crippen LogP) is 3.48. The summed E-state index contributed by atoms with van der Waals surface area (Å²) in [6.45, 7) is 5.83. The number of likely N-dealkylation sites (N-methyl/N-ethyl adjacent to an activating group) is 1. The van der Waals surface area contributed by atoms with Crippen molar-refractivity contribution in [1.29, 1.82) is 0 Å². The summed E-state index contributed by atoms with van der Waals surface area (Å²) < 4.78 is 0. The molecule has 0 N–H and O–H groups in total. The minimum Gasteiger partial charge on any atom is -0.299 e. The van der Waals surface area contributed by atoms with Gasteiger partial charge in [0.15, 0.2) is 5.78 Å². The van der Waals surface area contributed by atoms with E-state index in [0.717, 1.165) is 24.9 Å². The number of carbonyl (C=O) groups excluding carboxylic acids is 1. The number of rotatable bonds is 8. The Bertz CT molecular complexity index is 347. The van der Waals surface area contributed by atoms with E-state index in [1.165, 1.54) is 6.42 Å². The van der Waals surface area contributed by atoms with E-state index in [1.54, 1.807) is 0 Å². The zero-order valence-corrected chi connectivity index (χ0v) is 11.9. The van der Waals surface area contributed by atoms with E-state index in [9.17, 15) is 4.79 Å². The number of carbonyl (C=O) groups is 1. The lowest BCUT2D eigenvalue weighted by Crippen LogP contribution is -2.30. The molecular weight excluding hydrogens is 222 g/mol. The lowest BCUT2D eigenvalue weighted by Gasteiger charge is -2.20. The molecule has 0 bridgehead atoms. The van der Waals surface area contributed by atoms with E-state index in [1.807, 2.05) is 25.2 Å². The molecule has 18 heavy (non-hydrogen) atoms. The van der Waals surface area contributed by atoms with Crippen LogP contribution in [0.5, 0.6) is 0 Å². The van der Waals surface area contributed by atoms with Gasteiger partial charge in [-0.25, -0.2) is 0 Å². The van der Waals surface area contributed by atoms with Gasteiger partial charge >= 0.3 is 0 Å². The van der Waals surface area contributed by atoms with Crippen LogP contribution in [0.4, 0.5) is 0 Å². The van der Waals surface area contributed by atoms with E-state index in [0.29, 0.717) is 12.3 Å². The Hall–Kier alpha value is -1.15. The molecule has 0 radical (unpaired) electrons. The minimum absolute atomic E-state index is 0.0512. The maximum Gasteiger partial charge on any atom is 0.154 e. The highest BCUT2D eigenvalue weighted by molar-refractivity contribution is 5.87. The van der Waals surface area contributed by atoms with Gasteiger partial charge in [-0.2, -0.15) is 0 Å². The van der Waals surface area contributed by atoms with Crippen LogP contribution in [0.3, 0.4) is 0 Å². The first kappa shape index (κ1) is 14.9. The van der Waals surface area contributed by atoms with Crippen molar-refractivity contribution in [3.05, 3.63) is 35.9 Å². The van der Waals surface area contributed by atoms with Crippen molar-refractivity contribution in [1.82, 2.24) is 4.90 Å². The summed E-state index contributed by atoms with van der Waals surface area (Å²) in [5.41, 5.74) is 1.15. The predicted molar refractivity (Wildman–Crippen MR) is 76.9 cm³/mol. The maximum absolute atomic E-state index is 12.3. The Morgan fingerprint density at radius 1 is 1.22 bits per heavy atom. The molecule has 100 valence electrons.